The standard InChI is InChI=1S/C17H22N4/c1-3-5-11-19-15-10-7-6-9-13(15)16-12-20-17(21-16)14(18)8-4-2/h3-4,6-7,9-10,12,14,19H,1-2,5,8,11,18H2,(H,20,21). The number of para-hydroxylation sites is 1. The Labute approximate surface area is 125 Å². The molecule has 110 valence electrons. The first kappa shape index (κ1) is 15.1. The number of rotatable bonds is 8. The molecule has 2 rings (SSSR count). The second-order valence-corrected chi connectivity index (χ2v) is 4.86. The van der Waals surface area contributed by atoms with Crippen LogP contribution in [0.25, 0.3) is 11.3 Å². The van der Waals surface area contributed by atoms with E-state index in [-0.39, 0.29) is 6.04 Å². The van der Waals surface area contributed by atoms with Crippen LogP contribution in [0.2, 0.25) is 0 Å². The molecule has 1 aromatic carbocycles. The van der Waals surface area contributed by atoms with Crippen LogP contribution >= 0.6 is 0 Å². The molecule has 4 heteroatoms. The minimum atomic E-state index is -0.142. The minimum absolute atomic E-state index is 0.142. The Hall–Kier alpha value is -2.33. The van der Waals surface area contributed by atoms with Gasteiger partial charge in [0.1, 0.15) is 5.82 Å². The summed E-state index contributed by atoms with van der Waals surface area (Å²) in [4.78, 5) is 7.68. The molecule has 0 aliphatic carbocycles. The molecule has 0 spiro atoms. The quantitative estimate of drug-likeness (QED) is 0.511. The summed E-state index contributed by atoms with van der Waals surface area (Å²) in [5.41, 5.74) is 9.17. The van der Waals surface area contributed by atoms with Crippen molar-refractivity contribution in [2.24, 2.45) is 5.73 Å². The molecule has 1 heterocycles. The van der Waals surface area contributed by atoms with Crippen molar-refractivity contribution in [3.8, 4) is 11.3 Å². The third-order valence-electron chi connectivity index (χ3n) is 3.25. The van der Waals surface area contributed by atoms with E-state index >= 15 is 0 Å². The Bertz CT molecular complexity index is 600. The first-order chi connectivity index (χ1) is 10.3. The summed E-state index contributed by atoms with van der Waals surface area (Å²) < 4.78 is 0. The van der Waals surface area contributed by atoms with E-state index in [1.165, 1.54) is 0 Å². The van der Waals surface area contributed by atoms with E-state index in [2.05, 4.69) is 40.6 Å². The van der Waals surface area contributed by atoms with Crippen molar-refractivity contribution in [1.29, 1.82) is 0 Å². The maximum atomic E-state index is 6.04. The number of nitrogens with two attached hydrogens (primary N) is 1. The van der Waals surface area contributed by atoms with E-state index in [9.17, 15) is 0 Å². The van der Waals surface area contributed by atoms with Crippen LogP contribution in [-0.2, 0) is 0 Å². The van der Waals surface area contributed by atoms with Gasteiger partial charge in [-0.2, -0.15) is 0 Å². The van der Waals surface area contributed by atoms with Gasteiger partial charge in [0.2, 0.25) is 0 Å². The highest BCUT2D eigenvalue weighted by Gasteiger charge is 2.11. The van der Waals surface area contributed by atoms with Crippen LogP contribution in [-0.4, -0.2) is 16.5 Å². The lowest BCUT2D eigenvalue weighted by atomic mass is 10.1. The lowest BCUT2D eigenvalue weighted by Crippen LogP contribution is -2.10. The first-order valence-electron chi connectivity index (χ1n) is 7.11. The van der Waals surface area contributed by atoms with Gasteiger partial charge < -0.3 is 16.0 Å². The maximum Gasteiger partial charge on any atom is 0.123 e. The molecule has 4 N–H and O–H groups in total. The van der Waals surface area contributed by atoms with Gasteiger partial charge in [-0.15, -0.1) is 13.2 Å². The number of nitrogens with zero attached hydrogens (tertiary/aromatic N) is 1. The summed E-state index contributed by atoms with van der Waals surface area (Å²) in [5, 5.41) is 3.41. The number of nitrogens with one attached hydrogen (secondary N) is 2. The Balaban J connectivity index is 2.21. The van der Waals surface area contributed by atoms with Crippen LogP contribution in [0.5, 0.6) is 0 Å². The van der Waals surface area contributed by atoms with E-state index in [0.717, 1.165) is 35.7 Å². The largest absolute Gasteiger partial charge is 0.384 e. The van der Waals surface area contributed by atoms with Crippen molar-refractivity contribution in [2.75, 3.05) is 11.9 Å². The van der Waals surface area contributed by atoms with Gasteiger partial charge in [0.05, 0.1) is 17.9 Å². The summed E-state index contributed by atoms with van der Waals surface area (Å²) in [6.45, 7) is 8.30. The second kappa shape index (κ2) is 7.45. The molecule has 4 nitrogen and oxygen atoms in total. The van der Waals surface area contributed by atoms with Gasteiger partial charge >= 0.3 is 0 Å². The molecular formula is C17H22N4. The average Bonchev–Trinajstić information content (AvgIpc) is 2.98. The van der Waals surface area contributed by atoms with Crippen molar-refractivity contribution >= 4 is 5.69 Å². The van der Waals surface area contributed by atoms with Crippen molar-refractivity contribution in [2.45, 2.75) is 18.9 Å². The fourth-order valence-electron chi connectivity index (χ4n) is 2.13. The van der Waals surface area contributed by atoms with Crippen LogP contribution in [0.15, 0.2) is 55.8 Å². The summed E-state index contributed by atoms with van der Waals surface area (Å²) in [7, 11) is 0. The molecule has 0 fully saturated rings. The fraction of sp³-hybridized carbons (Fsp3) is 0.235. The van der Waals surface area contributed by atoms with E-state index in [0.29, 0.717) is 6.42 Å². The first-order valence-corrected chi connectivity index (χ1v) is 7.11. The van der Waals surface area contributed by atoms with E-state index in [4.69, 9.17) is 5.73 Å². The molecule has 21 heavy (non-hydrogen) atoms. The Morgan fingerprint density at radius 3 is 2.86 bits per heavy atom. The molecule has 1 unspecified atom stereocenters. The molecule has 2 aromatic rings. The normalized spacial score (nSPS) is 11.9. The molecule has 0 aliphatic rings. The molecule has 0 saturated carbocycles. The van der Waals surface area contributed by atoms with Crippen molar-refractivity contribution < 1.29 is 0 Å². The molecular weight excluding hydrogens is 260 g/mol. The van der Waals surface area contributed by atoms with Crippen LogP contribution in [0, 0.1) is 0 Å². The van der Waals surface area contributed by atoms with Crippen LogP contribution in [0.3, 0.4) is 0 Å². The van der Waals surface area contributed by atoms with Gasteiger partial charge in [-0.1, -0.05) is 30.4 Å². The monoisotopic (exact) mass is 282 g/mol. The summed E-state index contributed by atoms with van der Waals surface area (Å²) in [6, 6.07) is 8.01. The smallest absolute Gasteiger partial charge is 0.123 e. The predicted octanol–water partition coefficient (Wildman–Crippen LogP) is 3.64. The van der Waals surface area contributed by atoms with E-state index in [1.54, 1.807) is 6.08 Å². The molecule has 1 atom stereocenters. The molecule has 0 bridgehead atoms. The minimum Gasteiger partial charge on any atom is -0.384 e. The SMILES string of the molecule is C=CCCNc1ccccc1-c1cnc(C(N)CC=C)[nH]1. The summed E-state index contributed by atoms with van der Waals surface area (Å²) in [5.74, 6) is 0.783. The molecule has 0 radical (unpaired) electrons. The van der Waals surface area contributed by atoms with E-state index < -0.39 is 0 Å². The van der Waals surface area contributed by atoms with Crippen LogP contribution < -0.4 is 11.1 Å². The Morgan fingerprint density at radius 2 is 2.10 bits per heavy atom. The highest BCUT2D eigenvalue weighted by atomic mass is 15.0. The van der Waals surface area contributed by atoms with E-state index in [1.807, 2.05) is 24.4 Å². The van der Waals surface area contributed by atoms with Crippen LogP contribution in [0.4, 0.5) is 5.69 Å². The third-order valence-corrected chi connectivity index (χ3v) is 3.25. The van der Waals surface area contributed by atoms with Gasteiger partial charge in [0.25, 0.3) is 0 Å². The number of hydrogen-bond donors (Lipinski definition) is 3. The summed E-state index contributed by atoms with van der Waals surface area (Å²) in [6.07, 6.45) is 7.15. The predicted molar refractivity (Wildman–Crippen MR) is 89.1 cm³/mol. The van der Waals surface area contributed by atoms with Crippen molar-refractivity contribution in [1.82, 2.24) is 9.97 Å². The zero-order chi connectivity index (χ0) is 15.1. The molecule has 0 aliphatic heterocycles. The maximum absolute atomic E-state index is 6.04. The Kier molecular flexibility index (Phi) is 5.35. The molecule has 0 saturated heterocycles. The number of anilines is 1. The number of imidazole rings is 1. The number of aromatic nitrogens is 2. The molecule has 0 amide bonds. The number of H-pyrrole nitrogens is 1. The highest BCUT2D eigenvalue weighted by Crippen LogP contribution is 2.27. The number of benzene rings is 1. The average molecular weight is 282 g/mol. The highest BCUT2D eigenvalue weighted by molar-refractivity contribution is 5.75. The van der Waals surface area contributed by atoms with Gasteiger partial charge in [-0.3, -0.25) is 0 Å². The van der Waals surface area contributed by atoms with Crippen molar-refractivity contribution in [3.05, 3.63) is 61.6 Å². The zero-order valence-corrected chi connectivity index (χ0v) is 12.2. The fourth-order valence-corrected chi connectivity index (χ4v) is 2.13. The van der Waals surface area contributed by atoms with Crippen LogP contribution in [0.1, 0.15) is 24.7 Å². The van der Waals surface area contributed by atoms with Gasteiger partial charge in [-0.05, 0) is 18.9 Å². The Morgan fingerprint density at radius 1 is 1.29 bits per heavy atom. The third kappa shape index (κ3) is 3.83. The lowest BCUT2D eigenvalue weighted by Gasteiger charge is -2.10. The molecule has 1 aromatic heterocycles. The van der Waals surface area contributed by atoms with Gasteiger partial charge in [0, 0.05) is 17.8 Å². The zero-order valence-electron chi connectivity index (χ0n) is 12.2. The number of aromatic amines is 1. The van der Waals surface area contributed by atoms with Crippen molar-refractivity contribution in [3.63, 3.8) is 0 Å². The summed E-state index contributed by atoms with van der Waals surface area (Å²) >= 11 is 0. The van der Waals surface area contributed by atoms with Gasteiger partial charge in [0.15, 0.2) is 0 Å². The lowest BCUT2D eigenvalue weighted by molar-refractivity contribution is 0.694. The number of hydrogen-bond acceptors (Lipinski definition) is 3. The second-order valence-electron chi connectivity index (χ2n) is 4.86. The van der Waals surface area contributed by atoms with Gasteiger partial charge in [-0.25, -0.2) is 4.98 Å². The topological polar surface area (TPSA) is 66.7 Å².